The van der Waals surface area contributed by atoms with Gasteiger partial charge in [-0.1, -0.05) is 53.2 Å². The molecule has 1 fully saturated rings. The van der Waals surface area contributed by atoms with Gasteiger partial charge < -0.3 is 14.7 Å². The van der Waals surface area contributed by atoms with Crippen molar-refractivity contribution in [2.45, 2.75) is 38.9 Å². The summed E-state index contributed by atoms with van der Waals surface area (Å²) in [5, 5.41) is 8.48. The Hall–Kier alpha value is -4.08. The highest BCUT2D eigenvalue weighted by atomic mass is 35.5. The molecule has 0 saturated heterocycles. The number of fused-ring (bicyclic) bond motifs is 1. The smallest absolute Gasteiger partial charge is 0.260 e. The lowest BCUT2D eigenvalue weighted by molar-refractivity contribution is 0.394. The van der Waals surface area contributed by atoms with Crippen molar-refractivity contribution in [3.05, 3.63) is 87.1 Å². The highest BCUT2D eigenvalue weighted by Gasteiger charge is 2.23. The number of aryl methyl sites for hydroxylation is 1. The number of hydrogen-bond acceptors (Lipinski definition) is 8. The average molecular weight is 542 g/mol. The summed E-state index contributed by atoms with van der Waals surface area (Å²) < 4.78 is 6.82. The molecule has 0 atom stereocenters. The van der Waals surface area contributed by atoms with Crippen LogP contribution in [0.15, 0.2) is 64.0 Å². The first-order valence-corrected chi connectivity index (χ1v) is 13.2. The van der Waals surface area contributed by atoms with Crippen molar-refractivity contribution >= 4 is 28.6 Å². The molecule has 0 aliphatic heterocycles. The van der Waals surface area contributed by atoms with Gasteiger partial charge in [-0.25, -0.2) is 4.98 Å². The van der Waals surface area contributed by atoms with Gasteiger partial charge in [-0.05, 0) is 50.2 Å². The van der Waals surface area contributed by atoms with Crippen LogP contribution in [0.4, 0.5) is 5.95 Å². The summed E-state index contributed by atoms with van der Waals surface area (Å²) in [4.78, 5) is 29.8. The van der Waals surface area contributed by atoms with E-state index >= 15 is 0 Å². The van der Waals surface area contributed by atoms with Crippen LogP contribution >= 0.6 is 11.6 Å². The number of anilines is 1. The maximum atomic E-state index is 14.1. The molecule has 0 unspecified atom stereocenters. The van der Waals surface area contributed by atoms with Gasteiger partial charge in [-0.3, -0.25) is 9.36 Å². The van der Waals surface area contributed by atoms with Gasteiger partial charge in [0.1, 0.15) is 5.65 Å². The largest absolute Gasteiger partial charge is 0.351 e. The Balaban J connectivity index is 1.47. The monoisotopic (exact) mass is 541 g/mol. The summed E-state index contributed by atoms with van der Waals surface area (Å²) >= 11 is 6.73. The predicted octanol–water partition coefficient (Wildman–Crippen LogP) is 5.15. The Kier molecular flexibility index (Phi) is 6.62. The van der Waals surface area contributed by atoms with Crippen molar-refractivity contribution in [1.29, 1.82) is 0 Å². The summed E-state index contributed by atoms with van der Waals surface area (Å²) in [7, 11) is 4.07. The molecule has 0 bridgehead atoms. The van der Waals surface area contributed by atoms with Crippen LogP contribution in [0.2, 0.25) is 5.02 Å². The normalized spacial score (nSPS) is 13.4. The van der Waals surface area contributed by atoms with Crippen LogP contribution < -0.4 is 10.9 Å². The highest BCUT2D eigenvalue weighted by Crippen LogP contribution is 2.32. The molecule has 39 heavy (non-hydrogen) atoms. The molecule has 198 valence electrons. The average Bonchev–Trinajstić information content (AvgIpc) is 3.61. The van der Waals surface area contributed by atoms with E-state index in [1.54, 1.807) is 23.8 Å². The minimum absolute atomic E-state index is 0.179. The fraction of sp³-hybridized carbons (Fsp3) is 0.276. The van der Waals surface area contributed by atoms with Crippen LogP contribution in [-0.4, -0.2) is 49.7 Å². The number of aromatic nitrogens is 5. The van der Waals surface area contributed by atoms with Gasteiger partial charge in [0.2, 0.25) is 17.7 Å². The molecular formula is C29H28ClN7O2. The molecule has 9 nitrogen and oxygen atoms in total. The van der Waals surface area contributed by atoms with E-state index in [0.717, 1.165) is 30.3 Å². The fourth-order valence-electron chi connectivity index (χ4n) is 4.64. The highest BCUT2D eigenvalue weighted by molar-refractivity contribution is 6.33. The number of halogens is 1. The number of hydrogen-bond donors (Lipinski definition) is 1. The second-order valence-corrected chi connectivity index (χ2v) is 10.6. The van der Waals surface area contributed by atoms with Gasteiger partial charge in [0.05, 0.1) is 6.54 Å². The van der Waals surface area contributed by atoms with Crippen LogP contribution in [0.5, 0.6) is 0 Å². The number of nitrogens with one attached hydrogen (secondary N) is 1. The number of benzene rings is 2. The van der Waals surface area contributed by atoms with Gasteiger partial charge in [0.15, 0.2) is 0 Å². The van der Waals surface area contributed by atoms with Crippen molar-refractivity contribution in [2.24, 2.45) is 0 Å². The fourth-order valence-corrected chi connectivity index (χ4v) is 4.92. The quantitative estimate of drug-likeness (QED) is 0.287. The number of nitrogens with zero attached hydrogens (tertiary/aromatic N) is 6. The first-order chi connectivity index (χ1) is 18.8. The molecule has 3 heterocycles. The maximum Gasteiger partial charge on any atom is 0.260 e. The first kappa shape index (κ1) is 25.2. The molecule has 1 saturated carbocycles. The van der Waals surface area contributed by atoms with Gasteiger partial charge in [0.25, 0.3) is 5.56 Å². The minimum Gasteiger partial charge on any atom is -0.351 e. The van der Waals surface area contributed by atoms with Crippen LogP contribution in [0, 0.1) is 6.92 Å². The Bertz CT molecular complexity index is 1740. The molecule has 2 aromatic carbocycles. The van der Waals surface area contributed by atoms with Crippen LogP contribution in [0.25, 0.3) is 33.5 Å². The third-order valence-electron chi connectivity index (χ3n) is 6.61. The van der Waals surface area contributed by atoms with Crippen molar-refractivity contribution in [1.82, 2.24) is 29.6 Å². The first-order valence-electron chi connectivity index (χ1n) is 12.8. The summed E-state index contributed by atoms with van der Waals surface area (Å²) in [5.41, 5.74) is 4.38. The van der Waals surface area contributed by atoms with Crippen LogP contribution in [0.1, 0.15) is 29.9 Å². The van der Waals surface area contributed by atoms with Crippen molar-refractivity contribution in [3.8, 4) is 22.5 Å². The lowest BCUT2D eigenvalue weighted by Crippen LogP contribution is -2.24. The van der Waals surface area contributed by atoms with E-state index in [1.807, 2.05) is 44.4 Å². The van der Waals surface area contributed by atoms with E-state index in [1.165, 1.54) is 5.56 Å². The summed E-state index contributed by atoms with van der Waals surface area (Å²) in [6, 6.07) is 15.9. The van der Waals surface area contributed by atoms with Crippen LogP contribution in [-0.2, 0) is 13.1 Å². The molecule has 10 heteroatoms. The molecule has 1 aliphatic carbocycles. The molecule has 1 aliphatic rings. The second-order valence-electron chi connectivity index (χ2n) is 10.2. The number of rotatable bonds is 8. The maximum absolute atomic E-state index is 14.1. The second kappa shape index (κ2) is 10.2. The van der Waals surface area contributed by atoms with E-state index in [4.69, 9.17) is 21.1 Å². The van der Waals surface area contributed by atoms with E-state index in [2.05, 4.69) is 37.5 Å². The van der Waals surface area contributed by atoms with E-state index in [-0.39, 0.29) is 5.56 Å². The van der Waals surface area contributed by atoms with Crippen molar-refractivity contribution in [3.63, 3.8) is 0 Å². The third-order valence-corrected chi connectivity index (χ3v) is 6.93. The van der Waals surface area contributed by atoms with Gasteiger partial charge in [-0.15, -0.1) is 0 Å². The van der Waals surface area contributed by atoms with E-state index < -0.39 is 0 Å². The Morgan fingerprint density at radius 2 is 1.90 bits per heavy atom. The zero-order valence-corrected chi connectivity index (χ0v) is 22.7. The molecular weight excluding hydrogens is 514 g/mol. The molecule has 6 rings (SSSR count). The SMILES string of the molecule is Cc1nc(-c2ccc(-c3cc4cnc(NC5CC5)nc4n(Cc4cccc(CN(C)C)c4)c3=O)c(Cl)c2)no1. The van der Waals surface area contributed by atoms with Gasteiger partial charge in [0, 0.05) is 52.8 Å². The molecule has 5 aromatic rings. The minimum atomic E-state index is -0.179. The molecule has 3 aromatic heterocycles. The third kappa shape index (κ3) is 5.41. The number of pyridine rings is 1. The van der Waals surface area contributed by atoms with Crippen LogP contribution in [0.3, 0.4) is 0 Å². The van der Waals surface area contributed by atoms with Crippen molar-refractivity contribution in [2.75, 3.05) is 19.4 Å². The summed E-state index contributed by atoms with van der Waals surface area (Å²) in [6.07, 6.45) is 3.97. The topological polar surface area (TPSA) is 102 Å². The standard InChI is InChI=1S/C29H28ClN7O2/c1-17-32-26(35-39-17)20-7-10-23(25(30)13-20)24-12-21-14-31-29(33-22-8-9-22)34-27(21)37(28(24)38)16-19-6-4-5-18(11-19)15-36(2)3/h4-7,10-14,22H,8-9,15-16H2,1-3H3,(H,31,33,34). The summed E-state index contributed by atoms with van der Waals surface area (Å²) in [5.74, 6) is 1.44. The Labute approximate surface area is 230 Å². The van der Waals surface area contributed by atoms with Crippen molar-refractivity contribution < 1.29 is 4.52 Å². The lowest BCUT2D eigenvalue weighted by atomic mass is 10.0. The van der Waals surface area contributed by atoms with Gasteiger partial charge in [-0.2, -0.15) is 9.97 Å². The Morgan fingerprint density at radius 1 is 1.08 bits per heavy atom. The molecule has 0 amide bonds. The predicted molar refractivity (Wildman–Crippen MR) is 152 cm³/mol. The zero-order valence-electron chi connectivity index (χ0n) is 22.0. The summed E-state index contributed by atoms with van der Waals surface area (Å²) in [6.45, 7) is 2.90. The lowest BCUT2D eigenvalue weighted by Gasteiger charge is -2.15. The molecule has 1 N–H and O–H groups in total. The molecule has 0 spiro atoms. The zero-order chi connectivity index (χ0) is 27.1. The molecule has 0 radical (unpaired) electrons. The van der Waals surface area contributed by atoms with E-state index in [0.29, 0.717) is 57.6 Å². The van der Waals surface area contributed by atoms with E-state index in [9.17, 15) is 4.79 Å². The Morgan fingerprint density at radius 3 is 2.62 bits per heavy atom. The van der Waals surface area contributed by atoms with Gasteiger partial charge >= 0.3 is 0 Å².